The Hall–Kier alpha value is -1.84. The molecule has 9 heteroatoms. The topological polar surface area (TPSA) is 96.4 Å². The van der Waals surface area contributed by atoms with Crippen LogP contribution in [0.1, 0.15) is 16.1 Å². The van der Waals surface area contributed by atoms with Crippen LogP contribution in [-0.2, 0) is 16.6 Å². The first-order valence-corrected chi connectivity index (χ1v) is 7.68. The van der Waals surface area contributed by atoms with Gasteiger partial charge >= 0.3 is 5.97 Å². The Morgan fingerprint density at radius 2 is 2.10 bits per heavy atom. The zero-order chi connectivity index (χ0) is 14.8. The molecule has 2 N–H and O–H groups in total. The minimum absolute atomic E-state index is 0.164. The predicted molar refractivity (Wildman–Crippen MR) is 69.5 cm³/mol. The smallest absolute Gasteiger partial charge is 0.356 e. The van der Waals surface area contributed by atoms with Gasteiger partial charge in [0.05, 0.1) is 5.51 Å². The number of carboxylic acid groups (broad SMARTS) is 1. The molecule has 6 nitrogen and oxygen atoms in total. The van der Waals surface area contributed by atoms with Gasteiger partial charge in [-0.25, -0.2) is 27.3 Å². The Balaban J connectivity index is 2.22. The van der Waals surface area contributed by atoms with E-state index in [2.05, 4.69) is 9.71 Å². The molecule has 0 radical (unpaired) electrons. The third kappa shape index (κ3) is 3.00. The molecule has 1 heterocycles. The van der Waals surface area contributed by atoms with Crippen LogP contribution < -0.4 is 4.72 Å². The number of aromatic carboxylic acids is 1. The SMILES string of the molecule is O=C(O)c1ncsc1S(=O)(=O)NCc1ccccc1F. The number of carboxylic acids is 1. The van der Waals surface area contributed by atoms with Crippen molar-refractivity contribution in [2.75, 3.05) is 0 Å². The van der Waals surface area contributed by atoms with E-state index in [1.165, 1.54) is 18.2 Å². The molecule has 0 fully saturated rings. The second-order valence-electron chi connectivity index (χ2n) is 3.71. The Bertz CT molecular complexity index is 742. The Morgan fingerprint density at radius 1 is 1.40 bits per heavy atom. The van der Waals surface area contributed by atoms with Gasteiger partial charge in [-0.15, -0.1) is 11.3 Å². The first-order valence-electron chi connectivity index (χ1n) is 5.31. The van der Waals surface area contributed by atoms with Crippen LogP contribution in [0, 0.1) is 5.82 Å². The molecular formula is C11H9FN2O4S2. The van der Waals surface area contributed by atoms with Gasteiger partial charge in [0.1, 0.15) is 5.82 Å². The zero-order valence-corrected chi connectivity index (χ0v) is 11.5. The summed E-state index contributed by atoms with van der Waals surface area (Å²) in [6.07, 6.45) is 0. The van der Waals surface area contributed by atoms with Gasteiger partial charge < -0.3 is 5.11 Å². The molecule has 0 spiro atoms. The maximum Gasteiger partial charge on any atom is 0.356 e. The summed E-state index contributed by atoms with van der Waals surface area (Å²) in [5.41, 5.74) is 0.745. The molecule has 1 aromatic carbocycles. The molecule has 1 aromatic heterocycles. The normalized spacial score (nSPS) is 11.4. The molecule has 0 amide bonds. The third-order valence-corrected chi connectivity index (χ3v) is 5.16. The van der Waals surface area contributed by atoms with Crippen LogP contribution in [-0.4, -0.2) is 24.5 Å². The van der Waals surface area contributed by atoms with Gasteiger partial charge in [-0.2, -0.15) is 0 Å². The lowest BCUT2D eigenvalue weighted by Gasteiger charge is -2.06. The Kier molecular flexibility index (Phi) is 4.12. The van der Waals surface area contributed by atoms with Crippen molar-refractivity contribution in [1.29, 1.82) is 0 Å². The Morgan fingerprint density at radius 3 is 2.75 bits per heavy atom. The number of rotatable bonds is 5. The first kappa shape index (κ1) is 14.6. The van der Waals surface area contributed by atoms with Crippen molar-refractivity contribution < 1.29 is 22.7 Å². The molecule has 0 bridgehead atoms. The van der Waals surface area contributed by atoms with Crippen LogP contribution in [0.3, 0.4) is 0 Å². The number of benzene rings is 1. The Labute approximate surface area is 118 Å². The quantitative estimate of drug-likeness (QED) is 0.870. The first-order chi connectivity index (χ1) is 9.42. The van der Waals surface area contributed by atoms with Gasteiger partial charge in [0, 0.05) is 12.1 Å². The maximum atomic E-state index is 13.4. The van der Waals surface area contributed by atoms with Crippen LogP contribution in [0.2, 0.25) is 0 Å². The van der Waals surface area contributed by atoms with Gasteiger partial charge in [-0.1, -0.05) is 18.2 Å². The summed E-state index contributed by atoms with van der Waals surface area (Å²) >= 11 is 0.688. The predicted octanol–water partition coefficient (Wildman–Crippen LogP) is 1.46. The van der Waals surface area contributed by atoms with E-state index >= 15 is 0 Å². The highest BCUT2D eigenvalue weighted by Crippen LogP contribution is 2.20. The van der Waals surface area contributed by atoms with Gasteiger partial charge in [0.15, 0.2) is 9.90 Å². The van der Waals surface area contributed by atoms with E-state index in [1.54, 1.807) is 6.07 Å². The van der Waals surface area contributed by atoms with E-state index in [4.69, 9.17) is 5.11 Å². The number of thiazole rings is 1. The second-order valence-corrected chi connectivity index (χ2v) is 6.53. The summed E-state index contributed by atoms with van der Waals surface area (Å²) in [4.78, 5) is 14.3. The van der Waals surface area contributed by atoms with Crippen LogP contribution in [0.25, 0.3) is 0 Å². The molecule has 0 atom stereocenters. The summed E-state index contributed by atoms with van der Waals surface area (Å²) < 4.78 is 39.1. The van der Waals surface area contributed by atoms with Crippen LogP contribution in [0.4, 0.5) is 4.39 Å². The van der Waals surface area contributed by atoms with Crippen LogP contribution in [0.5, 0.6) is 0 Å². The van der Waals surface area contributed by atoms with Crippen molar-refractivity contribution >= 4 is 27.3 Å². The van der Waals surface area contributed by atoms with E-state index < -0.39 is 31.7 Å². The van der Waals surface area contributed by atoms with E-state index in [0.717, 1.165) is 5.51 Å². The van der Waals surface area contributed by atoms with Crippen molar-refractivity contribution in [2.24, 2.45) is 0 Å². The van der Waals surface area contributed by atoms with Crippen molar-refractivity contribution in [3.63, 3.8) is 0 Å². The third-order valence-electron chi connectivity index (χ3n) is 2.39. The van der Waals surface area contributed by atoms with E-state index in [0.29, 0.717) is 11.3 Å². The summed E-state index contributed by atoms with van der Waals surface area (Å²) in [7, 11) is -4.05. The maximum absolute atomic E-state index is 13.4. The number of aromatic nitrogens is 1. The summed E-state index contributed by atoms with van der Waals surface area (Å²) in [6, 6.07) is 5.70. The molecule has 106 valence electrons. The largest absolute Gasteiger partial charge is 0.476 e. The van der Waals surface area contributed by atoms with Crippen molar-refractivity contribution in [2.45, 2.75) is 10.8 Å². The second kappa shape index (κ2) is 5.65. The molecule has 0 saturated carbocycles. The van der Waals surface area contributed by atoms with Crippen LogP contribution in [0.15, 0.2) is 34.0 Å². The number of nitrogens with one attached hydrogen (secondary N) is 1. The number of carbonyl (C=O) groups is 1. The minimum Gasteiger partial charge on any atom is -0.476 e. The number of sulfonamides is 1. The van der Waals surface area contributed by atoms with E-state index in [9.17, 15) is 17.6 Å². The molecule has 2 aromatic rings. The molecule has 0 saturated heterocycles. The lowest BCUT2D eigenvalue weighted by Crippen LogP contribution is -2.24. The van der Waals surface area contributed by atoms with Gasteiger partial charge in [0.25, 0.3) is 10.0 Å². The van der Waals surface area contributed by atoms with Crippen LogP contribution >= 0.6 is 11.3 Å². The van der Waals surface area contributed by atoms with E-state index in [1.807, 2.05) is 0 Å². The highest BCUT2D eigenvalue weighted by molar-refractivity contribution is 7.91. The zero-order valence-electron chi connectivity index (χ0n) is 9.91. The lowest BCUT2D eigenvalue weighted by atomic mass is 10.2. The summed E-state index contributed by atoms with van der Waals surface area (Å²) in [5.74, 6) is -1.98. The summed E-state index contributed by atoms with van der Waals surface area (Å²) in [6.45, 7) is -0.272. The molecule has 0 aliphatic rings. The highest BCUT2D eigenvalue weighted by atomic mass is 32.2. The van der Waals surface area contributed by atoms with Gasteiger partial charge in [-0.05, 0) is 6.07 Å². The number of hydrogen-bond donors (Lipinski definition) is 2. The molecule has 0 unspecified atom stereocenters. The molecule has 2 rings (SSSR count). The molecular weight excluding hydrogens is 307 g/mol. The number of halogens is 1. The van der Waals surface area contributed by atoms with Gasteiger partial charge in [-0.3, -0.25) is 0 Å². The number of nitrogens with zero attached hydrogens (tertiary/aromatic N) is 1. The fourth-order valence-electron chi connectivity index (χ4n) is 1.45. The van der Waals surface area contributed by atoms with Crippen molar-refractivity contribution in [1.82, 2.24) is 9.71 Å². The number of hydrogen-bond acceptors (Lipinski definition) is 5. The van der Waals surface area contributed by atoms with Crippen molar-refractivity contribution in [3.05, 3.63) is 46.9 Å². The minimum atomic E-state index is -4.05. The summed E-state index contributed by atoms with van der Waals surface area (Å²) in [5, 5.41) is 8.84. The monoisotopic (exact) mass is 316 g/mol. The van der Waals surface area contributed by atoms with E-state index in [-0.39, 0.29) is 12.1 Å². The van der Waals surface area contributed by atoms with Crippen molar-refractivity contribution in [3.8, 4) is 0 Å². The lowest BCUT2D eigenvalue weighted by molar-refractivity contribution is 0.0687. The molecule has 0 aliphatic heterocycles. The average molecular weight is 316 g/mol. The molecule has 0 aliphatic carbocycles. The fourth-order valence-corrected chi connectivity index (χ4v) is 3.64. The fraction of sp³-hybridized carbons (Fsp3) is 0.0909. The molecule has 20 heavy (non-hydrogen) atoms. The standard InChI is InChI=1S/C11H9FN2O4S2/c12-8-4-2-1-3-7(8)5-14-20(17,18)11-9(10(15)16)13-6-19-11/h1-4,6,14H,5H2,(H,15,16). The highest BCUT2D eigenvalue weighted by Gasteiger charge is 2.25. The average Bonchev–Trinajstić information content (AvgIpc) is 2.88. The van der Waals surface area contributed by atoms with Gasteiger partial charge in [0.2, 0.25) is 0 Å².